The lowest BCUT2D eigenvalue weighted by atomic mass is 10.0. The molecule has 94 valence electrons. The van der Waals surface area contributed by atoms with Crippen molar-refractivity contribution >= 4 is 5.82 Å². The van der Waals surface area contributed by atoms with Gasteiger partial charge in [0, 0.05) is 18.8 Å². The minimum absolute atomic E-state index is 0.610. The number of nitrogens with two attached hydrogens (primary N) is 1. The zero-order valence-electron chi connectivity index (χ0n) is 10.8. The van der Waals surface area contributed by atoms with Gasteiger partial charge in [0.2, 0.25) is 0 Å². The van der Waals surface area contributed by atoms with Crippen molar-refractivity contribution in [1.29, 1.82) is 0 Å². The molecule has 0 bridgehead atoms. The van der Waals surface area contributed by atoms with Gasteiger partial charge in [-0.05, 0) is 57.7 Å². The van der Waals surface area contributed by atoms with Gasteiger partial charge in [0.25, 0.3) is 0 Å². The number of nitrogens with zero attached hydrogens (tertiary/aromatic N) is 3. The maximum Gasteiger partial charge on any atom is 0.123 e. The Labute approximate surface area is 103 Å². The Morgan fingerprint density at radius 3 is 2.82 bits per heavy atom. The topological polar surface area (TPSA) is 45.4 Å². The van der Waals surface area contributed by atoms with Gasteiger partial charge in [-0.3, -0.25) is 4.90 Å². The molecule has 1 aromatic heterocycles. The molecule has 0 spiro atoms. The van der Waals surface area contributed by atoms with E-state index in [4.69, 9.17) is 5.73 Å². The number of hydrogen-bond donors (Lipinski definition) is 1. The Bertz CT molecular complexity index is 358. The summed E-state index contributed by atoms with van der Waals surface area (Å²) in [6.45, 7) is 3.36. The molecule has 4 heteroatoms. The molecule has 2 heterocycles. The molecule has 2 N–H and O–H groups in total. The van der Waals surface area contributed by atoms with Gasteiger partial charge < -0.3 is 10.6 Å². The number of likely N-dealkylation sites (tertiary alicyclic amines) is 1. The lowest BCUT2D eigenvalue weighted by molar-refractivity contribution is 0.139. The van der Waals surface area contributed by atoms with Crippen LogP contribution in [-0.2, 0) is 6.54 Å². The summed E-state index contributed by atoms with van der Waals surface area (Å²) in [6, 6.07) is 4.70. The van der Waals surface area contributed by atoms with E-state index in [2.05, 4.69) is 28.9 Å². The second-order valence-corrected chi connectivity index (χ2v) is 5.04. The van der Waals surface area contributed by atoms with Gasteiger partial charge in [-0.2, -0.15) is 0 Å². The van der Waals surface area contributed by atoms with Crippen LogP contribution in [-0.4, -0.2) is 48.0 Å². The number of piperidine rings is 1. The molecule has 0 aromatic carbocycles. The third-order valence-corrected chi connectivity index (χ3v) is 3.59. The molecular weight excluding hydrogens is 212 g/mol. The summed E-state index contributed by atoms with van der Waals surface area (Å²) in [6.07, 6.45) is 4.30. The number of aromatic nitrogens is 1. The highest BCUT2D eigenvalue weighted by atomic mass is 15.2. The molecule has 0 aliphatic carbocycles. The van der Waals surface area contributed by atoms with Crippen molar-refractivity contribution < 1.29 is 0 Å². The molecule has 1 aliphatic rings. The third-order valence-electron chi connectivity index (χ3n) is 3.59. The van der Waals surface area contributed by atoms with Crippen LogP contribution in [0.4, 0.5) is 5.82 Å². The van der Waals surface area contributed by atoms with Crippen LogP contribution < -0.4 is 5.73 Å². The fourth-order valence-corrected chi connectivity index (χ4v) is 2.45. The summed E-state index contributed by atoms with van der Waals surface area (Å²) in [4.78, 5) is 8.85. The van der Waals surface area contributed by atoms with Crippen LogP contribution in [0.3, 0.4) is 0 Å². The van der Waals surface area contributed by atoms with Crippen molar-refractivity contribution in [3.05, 3.63) is 23.9 Å². The second-order valence-electron chi connectivity index (χ2n) is 5.04. The molecule has 1 aliphatic heterocycles. The van der Waals surface area contributed by atoms with Crippen molar-refractivity contribution in [2.75, 3.05) is 32.9 Å². The van der Waals surface area contributed by atoms with Gasteiger partial charge in [0.05, 0.1) is 0 Å². The van der Waals surface area contributed by atoms with Crippen LogP contribution in [0.15, 0.2) is 18.3 Å². The van der Waals surface area contributed by atoms with E-state index in [1.807, 2.05) is 12.1 Å². The minimum Gasteiger partial charge on any atom is -0.384 e. The lowest BCUT2D eigenvalue weighted by Crippen LogP contribution is -2.41. The van der Waals surface area contributed by atoms with Crippen LogP contribution in [0.5, 0.6) is 0 Å². The van der Waals surface area contributed by atoms with Crippen LogP contribution in [0.2, 0.25) is 0 Å². The average molecular weight is 234 g/mol. The number of anilines is 1. The van der Waals surface area contributed by atoms with E-state index in [9.17, 15) is 0 Å². The van der Waals surface area contributed by atoms with E-state index in [1.54, 1.807) is 6.20 Å². The van der Waals surface area contributed by atoms with Crippen molar-refractivity contribution in [2.24, 2.45) is 0 Å². The van der Waals surface area contributed by atoms with E-state index in [0.717, 1.165) is 6.54 Å². The highest BCUT2D eigenvalue weighted by molar-refractivity contribution is 5.31. The van der Waals surface area contributed by atoms with Gasteiger partial charge in [-0.15, -0.1) is 0 Å². The Balaban J connectivity index is 1.90. The summed E-state index contributed by atoms with van der Waals surface area (Å²) in [5.74, 6) is 0.610. The molecule has 2 rings (SSSR count). The quantitative estimate of drug-likeness (QED) is 0.853. The van der Waals surface area contributed by atoms with E-state index in [1.165, 1.54) is 31.5 Å². The molecule has 1 fully saturated rings. The summed E-state index contributed by atoms with van der Waals surface area (Å²) in [5.41, 5.74) is 6.94. The number of rotatable bonds is 3. The van der Waals surface area contributed by atoms with Crippen LogP contribution in [0.1, 0.15) is 18.4 Å². The Morgan fingerprint density at radius 2 is 2.18 bits per heavy atom. The van der Waals surface area contributed by atoms with Crippen molar-refractivity contribution in [3.8, 4) is 0 Å². The number of pyridine rings is 1. The zero-order chi connectivity index (χ0) is 12.3. The van der Waals surface area contributed by atoms with Crippen molar-refractivity contribution in [1.82, 2.24) is 14.8 Å². The molecule has 4 nitrogen and oxygen atoms in total. The maximum absolute atomic E-state index is 5.69. The molecule has 0 amide bonds. The molecule has 1 aromatic rings. The average Bonchev–Trinajstić information content (AvgIpc) is 2.29. The summed E-state index contributed by atoms with van der Waals surface area (Å²) in [7, 11) is 4.40. The molecule has 1 saturated heterocycles. The highest BCUT2D eigenvalue weighted by Gasteiger charge is 2.20. The SMILES string of the molecule is CN1CCC(N(C)Cc2ccnc(N)c2)CC1. The predicted molar refractivity (Wildman–Crippen MR) is 70.6 cm³/mol. The van der Waals surface area contributed by atoms with E-state index >= 15 is 0 Å². The number of hydrogen-bond acceptors (Lipinski definition) is 4. The van der Waals surface area contributed by atoms with Gasteiger partial charge in [0.1, 0.15) is 5.82 Å². The lowest BCUT2D eigenvalue weighted by Gasteiger charge is -2.35. The van der Waals surface area contributed by atoms with E-state index in [-0.39, 0.29) is 0 Å². The molecule has 17 heavy (non-hydrogen) atoms. The van der Waals surface area contributed by atoms with Gasteiger partial charge in [-0.25, -0.2) is 4.98 Å². The molecule has 0 saturated carbocycles. The second kappa shape index (κ2) is 5.47. The fourth-order valence-electron chi connectivity index (χ4n) is 2.45. The molecule has 0 radical (unpaired) electrons. The van der Waals surface area contributed by atoms with E-state index < -0.39 is 0 Å². The Kier molecular flexibility index (Phi) is 3.97. The van der Waals surface area contributed by atoms with Gasteiger partial charge >= 0.3 is 0 Å². The zero-order valence-corrected chi connectivity index (χ0v) is 10.8. The Hall–Kier alpha value is -1.13. The predicted octanol–water partition coefficient (Wildman–Crippen LogP) is 1.19. The number of nitrogen functional groups attached to an aromatic ring is 1. The fraction of sp³-hybridized carbons (Fsp3) is 0.615. The van der Waals surface area contributed by atoms with Crippen LogP contribution in [0.25, 0.3) is 0 Å². The van der Waals surface area contributed by atoms with E-state index in [0.29, 0.717) is 11.9 Å². The molecule has 0 unspecified atom stereocenters. The summed E-state index contributed by atoms with van der Waals surface area (Å²) in [5, 5.41) is 0. The van der Waals surface area contributed by atoms with Crippen LogP contribution in [0, 0.1) is 0 Å². The highest BCUT2D eigenvalue weighted by Crippen LogP contribution is 2.16. The van der Waals surface area contributed by atoms with Crippen molar-refractivity contribution in [3.63, 3.8) is 0 Å². The standard InChI is InChI=1S/C13H22N4/c1-16-7-4-12(5-8-16)17(2)10-11-3-6-15-13(14)9-11/h3,6,9,12H,4-5,7-8,10H2,1-2H3,(H2,14,15). The van der Waals surface area contributed by atoms with Crippen LogP contribution >= 0.6 is 0 Å². The molecular formula is C13H22N4. The normalized spacial score (nSPS) is 18.8. The maximum atomic E-state index is 5.69. The third kappa shape index (κ3) is 3.41. The first-order chi connectivity index (χ1) is 8.15. The van der Waals surface area contributed by atoms with Gasteiger partial charge in [0.15, 0.2) is 0 Å². The van der Waals surface area contributed by atoms with Crippen molar-refractivity contribution in [2.45, 2.75) is 25.4 Å². The monoisotopic (exact) mass is 234 g/mol. The first kappa shape index (κ1) is 12.3. The summed E-state index contributed by atoms with van der Waals surface area (Å²) < 4.78 is 0. The Morgan fingerprint density at radius 1 is 1.47 bits per heavy atom. The van der Waals surface area contributed by atoms with Gasteiger partial charge in [-0.1, -0.05) is 0 Å². The smallest absolute Gasteiger partial charge is 0.123 e. The summed E-state index contributed by atoms with van der Waals surface area (Å²) >= 11 is 0. The largest absolute Gasteiger partial charge is 0.384 e. The minimum atomic E-state index is 0.610. The molecule has 0 atom stereocenters. The first-order valence-electron chi connectivity index (χ1n) is 6.24. The first-order valence-corrected chi connectivity index (χ1v) is 6.24.